The number of carbonyl (C=O) groups excluding carboxylic acids is 2. The van der Waals surface area contributed by atoms with Crippen LogP contribution in [0.15, 0.2) is 24.3 Å². The highest BCUT2D eigenvalue weighted by Gasteiger charge is 2.46. The maximum atomic E-state index is 12.0. The molecule has 2 heterocycles. The lowest BCUT2D eigenvalue weighted by Gasteiger charge is -2.15. The summed E-state index contributed by atoms with van der Waals surface area (Å²) >= 11 is 0. The number of nitrogens with zero attached hydrogens (tertiary/aromatic N) is 1. The van der Waals surface area contributed by atoms with Gasteiger partial charge in [0.15, 0.2) is 0 Å². The highest BCUT2D eigenvalue weighted by atomic mass is 16.6. The van der Waals surface area contributed by atoms with Gasteiger partial charge in [-0.1, -0.05) is 12.1 Å². The summed E-state index contributed by atoms with van der Waals surface area (Å²) in [5, 5.41) is 0. The van der Waals surface area contributed by atoms with Crippen LogP contribution in [0.1, 0.15) is 27.6 Å². The van der Waals surface area contributed by atoms with Gasteiger partial charge >= 0.3 is 0 Å². The predicted molar refractivity (Wildman–Crippen MR) is 56.2 cm³/mol. The fraction of sp³-hybridized carbons (Fsp3) is 0.333. The molecule has 1 atom stereocenters. The van der Waals surface area contributed by atoms with Crippen molar-refractivity contribution in [2.45, 2.75) is 12.5 Å². The lowest BCUT2D eigenvalue weighted by molar-refractivity contribution is 0.0616. The maximum Gasteiger partial charge on any atom is 0.261 e. The van der Waals surface area contributed by atoms with Crippen molar-refractivity contribution in [3.63, 3.8) is 0 Å². The molecule has 0 radical (unpaired) electrons. The van der Waals surface area contributed by atoms with E-state index in [0.717, 1.165) is 0 Å². The Morgan fingerprint density at radius 1 is 1.25 bits per heavy atom. The van der Waals surface area contributed by atoms with E-state index in [0.29, 0.717) is 24.3 Å². The molecule has 1 aromatic rings. The van der Waals surface area contributed by atoms with Gasteiger partial charge in [-0.3, -0.25) is 14.5 Å². The Kier molecular flexibility index (Phi) is 1.74. The number of carbonyl (C=O) groups is 2. The molecule has 0 aliphatic carbocycles. The second kappa shape index (κ2) is 2.92. The van der Waals surface area contributed by atoms with Gasteiger partial charge in [0.05, 0.1) is 24.3 Å². The molecule has 0 aromatic heterocycles. The van der Waals surface area contributed by atoms with Crippen LogP contribution in [0.3, 0.4) is 0 Å². The van der Waals surface area contributed by atoms with Crippen molar-refractivity contribution in [1.82, 2.24) is 4.90 Å². The number of fused-ring (bicyclic) bond motifs is 1. The van der Waals surface area contributed by atoms with Crippen LogP contribution < -0.4 is 0 Å². The van der Waals surface area contributed by atoms with E-state index < -0.39 is 0 Å². The number of hydrogen-bond acceptors (Lipinski definition) is 3. The normalized spacial score (nSPS) is 27.2. The summed E-state index contributed by atoms with van der Waals surface area (Å²) in [6.07, 6.45) is 0. The summed E-state index contributed by atoms with van der Waals surface area (Å²) in [5.41, 5.74) is 0.668. The quantitative estimate of drug-likeness (QED) is 0.550. The van der Waals surface area contributed by atoms with Gasteiger partial charge in [0.2, 0.25) is 0 Å². The first kappa shape index (κ1) is 9.54. The lowest BCUT2D eigenvalue weighted by Crippen LogP contribution is -2.37. The fourth-order valence-electron chi connectivity index (χ4n) is 1.93. The van der Waals surface area contributed by atoms with Crippen molar-refractivity contribution in [3.8, 4) is 0 Å². The minimum absolute atomic E-state index is 0.211. The summed E-state index contributed by atoms with van der Waals surface area (Å²) in [6, 6.07) is 6.91. The molecule has 0 spiro atoms. The standard InChI is InChI=1S/C12H11NO3/c1-12(7-16-12)6-13-10(14)8-4-2-3-5-9(8)11(13)15/h2-5H,6-7H2,1H3/t12-/m0/s1. The molecule has 4 nitrogen and oxygen atoms in total. The number of epoxide rings is 1. The van der Waals surface area contributed by atoms with E-state index in [1.54, 1.807) is 24.3 Å². The topological polar surface area (TPSA) is 49.9 Å². The van der Waals surface area contributed by atoms with Crippen LogP contribution in [0.5, 0.6) is 0 Å². The maximum absolute atomic E-state index is 12.0. The van der Waals surface area contributed by atoms with Gasteiger partial charge in [0.1, 0.15) is 5.60 Å². The molecule has 0 saturated carbocycles. The molecule has 3 rings (SSSR count). The molecule has 16 heavy (non-hydrogen) atoms. The summed E-state index contributed by atoms with van der Waals surface area (Å²) in [6.45, 7) is 2.86. The third-order valence-electron chi connectivity index (χ3n) is 3.01. The zero-order valence-electron chi connectivity index (χ0n) is 8.90. The van der Waals surface area contributed by atoms with E-state index in [1.165, 1.54) is 4.90 Å². The molecular weight excluding hydrogens is 206 g/mol. The van der Waals surface area contributed by atoms with Gasteiger partial charge in [0, 0.05) is 0 Å². The highest BCUT2D eigenvalue weighted by molar-refractivity contribution is 6.21. The summed E-state index contributed by atoms with van der Waals surface area (Å²) in [4.78, 5) is 25.2. The smallest absolute Gasteiger partial charge is 0.261 e. The van der Waals surface area contributed by atoms with E-state index in [9.17, 15) is 9.59 Å². The first-order chi connectivity index (χ1) is 7.61. The molecule has 1 saturated heterocycles. The zero-order chi connectivity index (χ0) is 11.3. The molecule has 0 bridgehead atoms. The number of imide groups is 1. The average Bonchev–Trinajstić information content (AvgIpc) is 2.97. The first-order valence-corrected chi connectivity index (χ1v) is 5.20. The van der Waals surface area contributed by atoms with Gasteiger partial charge in [-0.25, -0.2) is 0 Å². The van der Waals surface area contributed by atoms with Crippen LogP contribution in [0.2, 0.25) is 0 Å². The molecule has 0 N–H and O–H groups in total. The van der Waals surface area contributed by atoms with Crippen LogP contribution in [-0.2, 0) is 4.74 Å². The van der Waals surface area contributed by atoms with Gasteiger partial charge in [-0.15, -0.1) is 0 Å². The van der Waals surface area contributed by atoms with Crippen LogP contribution in [-0.4, -0.2) is 35.5 Å². The number of hydrogen-bond donors (Lipinski definition) is 0. The van der Waals surface area contributed by atoms with Crippen molar-refractivity contribution < 1.29 is 14.3 Å². The number of rotatable bonds is 2. The Morgan fingerprint density at radius 3 is 2.19 bits per heavy atom. The van der Waals surface area contributed by atoms with Crippen molar-refractivity contribution in [3.05, 3.63) is 35.4 Å². The second-order valence-electron chi connectivity index (χ2n) is 4.48. The molecule has 1 aromatic carbocycles. The van der Waals surface area contributed by atoms with Crippen LogP contribution in [0.4, 0.5) is 0 Å². The van der Waals surface area contributed by atoms with E-state index >= 15 is 0 Å². The van der Waals surface area contributed by atoms with E-state index in [4.69, 9.17) is 4.74 Å². The first-order valence-electron chi connectivity index (χ1n) is 5.20. The lowest BCUT2D eigenvalue weighted by atomic mass is 10.1. The summed E-state index contributed by atoms with van der Waals surface area (Å²) < 4.78 is 5.21. The van der Waals surface area contributed by atoms with Gasteiger partial charge in [0.25, 0.3) is 11.8 Å². The molecule has 2 aliphatic heterocycles. The highest BCUT2D eigenvalue weighted by Crippen LogP contribution is 2.31. The molecule has 1 fully saturated rings. The van der Waals surface area contributed by atoms with Gasteiger partial charge in [-0.2, -0.15) is 0 Å². The Balaban J connectivity index is 1.95. The molecule has 2 aliphatic rings. The second-order valence-corrected chi connectivity index (χ2v) is 4.48. The van der Waals surface area contributed by atoms with Gasteiger partial charge < -0.3 is 4.74 Å². The minimum Gasteiger partial charge on any atom is -0.368 e. The third kappa shape index (κ3) is 1.27. The van der Waals surface area contributed by atoms with Gasteiger partial charge in [-0.05, 0) is 19.1 Å². The Hall–Kier alpha value is -1.68. The zero-order valence-corrected chi connectivity index (χ0v) is 8.90. The SMILES string of the molecule is C[C@]1(CN2C(=O)c3ccccc3C2=O)CO1. The van der Waals surface area contributed by atoms with Crippen LogP contribution >= 0.6 is 0 Å². The van der Waals surface area contributed by atoms with Crippen LogP contribution in [0.25, 0.3) is 0 Å². The minimum atomic E-state index is -0.326. The molecule has 82 valence electrons. The Labute approximate surface area is 92.8 Å². The van der Waals surface area contributed by atoms with Crippen molar-refractivity contribution in [1.29, 1.82) is 0 Å². The number of benzene rings is 1. The fourth-order valence-corrected chi connectivity index (χ4v) is 1.93. The van der Waals surface area contributed by atoms with E-state index in [2.05, 4.69) is 0 Å². The van der Waals surface area contributed by atoms with E-state index in [1.807, 2.05) is 6.92 Å². The van der Waals surface area contributed by atoms with E-state index in [-0.39, 0.29) is 17.4 Å². The number of ether oxygens (including phenoxy) is 1. The summed E-state index contributed by atoms with van der Waals surface area (Å²) in [5.74, 6) is -0.422. The Bertz CT molecular complexity index is 456. The molecule has 0 unspecified atom stereocenters. The largest absolute Gasteiger partial charge is 0.368 e. The van der Waals surface area contributed by atoms with Crippen LogP contribution in [0, 0.1) is 0 Å². The predicted octanol–water partition coefficient (Wildman–Crippen LogP) is 1.07. The average molecular weight is 217 g/mol. The van der Waals surface area contributed by atoms with Crippen molar-refractivity contribution in [2.75, 3.05) is 13.2 Å². The third-order valence-corrected chi connectivity index (χ3v) is 3.01. The molecule has 2 amide bonds. The molecular formula is C12H11NO3. The van der Waals surface area contributed by atoms with Crippen molar-refractivity contribution in [2.24, 2.45) is 0 Å². The summed E-state index contributed by atoms with van der Waals surface area (Å²) in [7, 11) is 0. The number of amides is 2. The molecule has 4 heteroatoms. The van der Waals surface area contributed by atoms with Crippen molar-refractivity contribution >= 4 is 11.8 Å². The monoisotopic (exact) mass is 217 g/mol. The Morgan fingerprint density at radius 2 is 1.75 bits per heavy atom.